The van der Waals surface area contributed by atoms with Crippen LogP contribution in [-0.2, 0) is 7.05 Å². The molecule has 1 aromatic heterocycles. The molecule has 0 aliphatic carbocycles. The Morgan fingerprint density at radius 1 is 1.75 bits per heavy atom. The Hall–Kier alpha value is -0.880. The van der Waals surface area contributed by atoms with Crippen molar-refractivity contribution in [1.29, 1.82) is 0 Å². The summed E-state index contributed by atoms with van der Waals surface area (Å²) in [5, 5.41) is 12.4. The van der Waals surface area contributed by atoms with Crippen molar-refractivity contribution in [3.63, 3.8) is 0 Å². The number of hydrogen-bond acceptors (Lipinski definition) is 3. The van der Waals surface area contributed by atoms with Gasteiger partial charge < -0.3 is 0 Å². The molecule has 1 heterocycles. The van der Waals surface area contributed by atoms with Gasteiger partial charge in [0.15, 0.2) is 0 Å². The van der Waals surface area contributed by atoms with Crippen LogP contribution in [0.1, 0.15) is 16.1 Å². The third-order valence-electron chi connectivity index (χ3n) is 1.48. The normalized spacial score (nSPS) is 10.0. The van der Waals surface area contributed by atoms with Crippen LogP contribution in [0.5, 0.6) is 0 Å². The zero-order chi connectivity index (χ0) is 9.30. The Kier molecular flexibility index (Phi) is 2.49. The van der Waals surface area contributed by atoms with Crippen molar-refractivity contribution in [2.75, 3.05) is 0 Å². The van der Waals surface area contributed by atoms with Gasteiger partial charge in [0, 0.05) is 7.05 Å². The van der Waals surface area contributed by atoms with Gasteiger partial charge >= 0.3 is 0 Å². The van der Waals surface area contributed by atoms with Crippen molar-refractivity contribution in [3.8, 4) is 0 Å². The van der Waals surface area contributed by atoms with E-state index >= 15 is 0 Å². The topological polar surface area (TPSA) is 67.2 Å². The number of carbonyl (C=O) groups is 1. The van der Waals surface area contributed by atoms with Crippen LogP contribution in [0.4, 0.5) is 0 Å². The minimum atomic E-state index is -0.563. The lowest BCUT2D eigenvalue weighted by Crippen LogP contribution is -2.19. The Labute approximate surface area is 77.5 Å². The van der Waals surface area contributed by atoms with Gasteiger partial charge in [-0.3, -0.25) is 14.7 Å². The molecule has 0 atom stereocenters. The molecule has 0 aliphatic rings. The molecular weight excluding hydrogens is 226 g/mol. The number of nitrogens with zero attached hydrogens (tertiary/aromatic N) is 2. The summed E-state index contributed by atoms with van der Waals surface area (Å²) in [5.41, 5.74) is 2.47. The summed E-state index contributed by atoms with van der Waals surface area (Å²) >= 11 is 3.17. The predicted octanol–water partition coefficient (Wildman–Crippen LogP) is 0.610. The van der Waals surface area contributed by atoms with Gasteiger partial charge in [-0.2, -0.15) is 5.10 Å². The van der Waals surface area contributed by atoms with E-state index in [4.69, 9.17) is 5.21 Å². The van der Waals surface area contributed by atoms with Crippen LogP contribution in [0.3, 0.4) is 0 Å². The number of aryl methyl sites for hydroxylation is 2. The van der Waals surface area contributed by atoms with Gasteiger partial charge in [-0.25, -0.2) is 5.48 Å². The largest absolute Gasteiger partial charge is 0.288 e. The molecule has 1 aromatic rings. The molecule has 0 radical (unpaired) electrons. The lowest BCUT2D eigenvalue weighted by atomic mass is 10.2. The molecule has 0 fully saturated rings. The molecule has 1 amide bonds. The third-order valence-corrected chi connectivity index (χ3v) is 2.39. The molecule has 66 valence electrons. The van der Waals surface area contributed by atoms with Crippen molar-refractivity contribution in [1.82, 2.24) is 15.3 Å². The van der Waals surface area contributed by atoms with Crippen LogP contribution >= 0.6 is 15.9 Å². The van der Waals surface area contributed by atoms with Crippen molar-refractivity contribution in [2.24, 2.45) is 7.05 Å². The van der Waals surface area contributed by atoms with E-state index in [0.717, 1.165) is 0 Å². The minimum absolute atomic E-state index is 0.347. The molecule has 0 saturated carbocycles. The first kappa shape index (κ1) is 9.21. The summed E-state index contributed by atoms with van der Waals surface area (Å²) < 4.78 is 2.06. The van der Waals surface area contributed by atoms with Crippen LogP contribution in [0.2, 0.25) is 0 Å². The summed E-state index contributed by atoms with van der Waals surface area (Å²) in [5.74, 6) is -0.563. The number of halogens is 1. The van der Waals surface area contributed by atoms with Gasteiger partial charge in [-0.1, -0.05) is 0 Å². The second kappa shape index (κ2) is 3.24. The van der Waals surface area contributed by atoms with Crippen molar-refractivity contribution < 1.29 is 10.0 Å². The molecule has 0 saturated heterocycles. The Morgan fingerprint density at radius 3 is 2.67 bits per heavy atom. The highest BCUT2D eigenvalue weighted by atomic mass is 79.9. The van der Waals surface area contributed by atoms with E-state index in [1.807, 2.05) is 0 Å². The summed E-state index contributed by atoms with van der Waals surface area (Å²) in [6, 6.07) is 0. The standard InChI is InChI=1S/C6H8BrN3O2/c1-3-4(6(11)9-12)5(7)10(2)8-3/h12H,1-2H3,(H,9,11). The lowest BCUT2D eigenvalue weighted by molar-refractivity contribution is 0.0704. The molecule has 0 unspecified atom stereocenters. The number of hydroxylamine groups is 1. The Bertz CT molecular complexity index is 321. The molecule has 1 rings (SSSR count). The monoisotopic (exact) mass is 233 g/mol. The molecule has 0 aromatic carbocycles. The van der Waals surface area contributed by atoms with Gasteiger partial charge in [0.1, 0.15) is 4.60 Å². The van der Waals surface area contributed by atoms with Crippen LogP contribution in [-0.4, -0.2) is 20.9 Å². The Morgan fingerprint density at radius 2 is 2.33 bits per heavy atom. The second-order valence-corrected chi connectivity index (χ2v) is 3.07. The van der Waals surface area contributed by atoms with Crippen LogP contribution in [0, 0.1) is 6.92 Å². The smallest absolute Gasteiger partial charge is 0.279 e. The highest BCUT2D eigenvalue weighted by Gasteiger charge is 2.17. The van der Waals surface area contributed by atoms with Crippen LogP contribution in [0.15, 0.2) is 4.60 Å². The van der Waals surface area contributed by atoms with E-state index in [1.165, 1.54) is 4.68 Å². The maximum atomic E-state index is 11.0. The fraction of sp³-hybridized carbons (Fsp3) is 0.333. The van der Waals surface area contributed by atoms with Gasteiger partial charge in [0.2, 0.25) is 0 Å². The molecule has 0 spiro atoms. The summed E-state index contributed by atoms with van der Waals surface area (Å²) in [6.07, 6.45) is 0. The van der Waals surface area contributed by atoms with Gasteiger partial charge in [0.25, 0.3) is 5.91 Å². The highest BCUT2D eigenvalue weighted by molar-refractivity contribution is 9.10. The quantitative estimate of drug-likeness (QED) is 0.552. The van der Waals surface area contributed by atoms with Crippen molar-refractivity contribution in [3.05, 3.63) is 15.9 Å². The van der Waals surface area contributed by atoms with Crippen LogP contribution < -0.4 is 5.48 Å². The first-order chi connectivity index (χ1) is 5.57. The highest BCUT2D eigenvalue weighted by Crippen LogP contribution is 2.18. The average molecular weight is 234 g/mol. The summed E-state index contributed by atoms with van der Waals surface area (Å²) in [7, 11) is 1.70. The third kappa shape index (κ3) is 1.35. The number of aromatic nitrogens is 2. The Balaban J connectivity index is 3.22. The van der Waals surface area contributed by atoms with Gasteiger partial charge in [-0.15, -0.1) is 0 Å². The maximum Gasteiger partial charge on any atom is 0.279 e. The number of nitrogens with one attached hydrogen (secondary N) is 1. The molecule has 0 bridgehead atoms. The fourth-order valence-corrected chi connectivity index (χ4v) is 1.49. The van der Waals surface area contributed by atoms with E-state index in [-0.39, 0.29) is 0 Å². The molecule has 5 nitrogen and oxygen atoms in total. The first-order valence-corrected chi connectivity index (χ1v) is 4.00. The number of amides is 1. The molecule has 2 N–H and O–H groups in total. The zero-order valence-electron chi connectivity index (χ0n) is 6.63. The maximum absolute atomic E-state index is 11.0. The molecular formula is C6H8BrN3O2. The van der Waals surface area contributed by atoms with E-state index in [9.17, 15) is 4.79 Å². The average Bonchev–Trinajstić information content (AvgIpc) is 2.26. The van der Waals surface area contributed by atoms with Crippen molar-refractivity contribution in [2.45, 2.75) is 6.92 Å². The van der Waals surface area contributed by atoms with Crippen molar-refractivity contribution >= 4 is 21.8 Å². The fourth-order valence-electron chi connectivity index (χ4n) is 0.944. The zero-order valence-corrected chi connectivity index (χ0v) is 8.21. The molecule has 12 heavy (non-hydrogen) atoms. The predicted molar refractivity (Wildman–Crippen MR) is 44.9 cm³/mol. The number of rotatable bonds is 1. The van der Waals surface area contributed by atoms with E-state index in [0.29, 0.717) is 15.9 Å². The van der Waals surface area contributed by atoms with E-state index in [2.05, 4.69) is 21.0 Å². The van der Waals surface area contributed by atoms with E-state index < -0.39 is 5.91 Å². The SMILES string of the molecule is Cc1nn(C)c(Br)c1C(=O)NO. The summed E-state index contributed by atoms with van der Waals surface area (Å²) in [6.45, 7) is 1.69. The summed E-state index contributed by atoms with van der Waals surface area (Å²) in [4.78, 5) is 11.0. The number of hydrogen-bond donors (Lipinski definition) is 2. The molecule has 0 aliphatic heterocycles. The second-order valence-electron chi connectivity index (χ2n) is 2.32. The lowest BCUT2D eigenvalue weighted by Gasteiger charge is -1.96. The van der Waals surface area contributed by atoms with Gasteiger partial charge in [0.05, 0.1) is 11.3 Å². The van der Waals surface area contributed by atoms with Crippen LogP contribution in [0.25, 0.3) is 0 Å². The van der Waals surface area contributed by atoms with Gasteiger partial charge in [-0.05, 0) is 22.9 Å². The van der Waals surface area contributed by atoms with E-state index in [1.54, 1.807) is 19.5 Å². The number of carbonyl (C=O) groups excluding carboxylic acids is 1. The molecule has 6 heteroatoms. The first-order valence-electron chi connectivity index (χ1n) is 3.21. The minimum Gasteiger partial charge on any atom is -0.288 e.